The lowest BCUT2D eigenvalue weighted by molar-refractivity contribution is 1.25. The lowest BCUT2D eigenvalue weighted by Crippen LogP contribution is -1.83. The standard InChI is InChI=1S/C6H10N2/c1-3-6(7)4-5-8-2/h4-5,7H,2-3H2,1H3/b5-4-,7-6?. The lowest BCUT2D eigenvalue weighted by atomic mass is 10.3. The van der Waals surface area contributed by atoms with Gasteiger partial charge in [-0.25, -0.2) is 0 Å². The Morgan fingerprint density at radius 1 is 1.88 bits per heavy atom. The van der Waals surface area contributed by atoms with Crippen molar-refractivity contribution >= 4 is 12.4 Å². The molecule has 2 heteroatoms. The van der Waals surface area contributed by atoms with Crippen molar-refractivity contribution in [3.05, 3.63) is 12.3 Å². The van der Waals surface area contributed by atoms with Crippen molar-refractivity contribution in [2.45, 2.75) is 13.3 Å². The van der Waals surface area contributed by atoms with E-state index in [0.717, 1.165) is 6.42 Å². The fraction of sp³-hybridized carbons (Fsp3) is 0.333. The molecule has 0 aliphatic heterocycles. The molecular weight excluding hydrogens is 100 g/mol. The van der Waals surface area contributed by atoms with Crippen LogP contribution >= 0.6 is 0 Å². The van der Waals surface area contributed by atoms with Crippen LogP contribution in [0.4, 0.5) is 0 Å². The summed E-state index contributed by atoms with van der Waals surface area (Å²) in [4.78, 5) is 3.45. The summed E-state index contributed by atoms with van der Waals surface area (Å²) in [6, 6.07) is 0. The van der Waals surface area contributed by atoms with Crippen LogP contribution in [0.3, 0.4) is 0 Å². The predicted molar refractivity (Wildman–Crippen MR) is 36.7 cm³/mol. The molecule has 0 aromatic carbocycles. The number of nitrogens with zero attached hydrogens (tertiary/aromatic N) is 1. The molecule has 0 heterocycles. The van der Waals surface area contributed by atoms with Crippen molar-refractivity contribution in [2.24, 2.45) is 4.99 Å². The molecule has 0 rings (SSSR count). The summed E-state index contributed by atoms with van der Waals surface area (Å²) in [7, 11) is 0. The fourth-order valence-corrected chi connectivity index (χ4v) is 0.261. The van der Waals surface area contributed by atoms with Gasteiger partial charge in [0.05, 0.1) is 0 Å². The number of nitrogens with one attached hydrogen (secondary N) is 1. The molecule has 0 bridgehead atoms. The minimum Gasteiger partial charge on any atom is -0.305 e. The second-order valence-corrected chi connectivity index (χ2v) is 1.38. The van der Waals surface area contributed by atoms with Crippen molar-refractivity contribution in [2.75, 3.05) is 0 Å². The molecular formula is C6H10N2. The molecule has 0 radical (unpaired) electrons. The maximum Gasteiger partial charge on any atom is 0.0326 e. The monoisotopic (exact) mass is 110 g/mol. The topological polar surface area (TPSA) is 36.2 Å². The van der Waals surface area contributed by atoms with Gasteiger partial charge in [-0.1, -0.05) is 6.92 Å². The number of rotatable bonds is 3. The number of allylic oxidation sites excluding steroid dienone is 1. The summed E-state index contributed by atoms with van der Waals surface area (Å²) in [6.45, 7) is 5.16. The van der Waals surface area contributed by atoms with Crippen molar-refractivity contribution < 1.29 is 0 Å². The minimum atomic E-state index is 0.581. The normalized spacial score (nSPS) is 9.62. The van der Waals surface area contributed by atoms with E-state index in [-0.39, 0.29) is 0 Å². The van der Waals surface area contributed by atoms with E-state index in [1.807, 2.05) is 6.92 Å². The SMILES string of the molecule is C=N/C=C\C(=N)CC. The molecule has 2 nitrogen and oxygen atoms in total. The highest BCUT2D eigenvalue weighted by Gasteiger charge is 1.79. The van der Waals surface area contributed by atoms with Gasteiger partial charge in [0.2, 0.25) is 0 Å². The minimum absolute atomic E-state index is 0.581. The van der Waals surface area contributed by atoms with Gasteiger partial charge >= 0.3 is 0 Å². The first kappa shape index (κ1) is 7.08. The predicted octanol–water partition coefficient (Wildman–Crippen LogP) is 1.63. The molecule has 1 N–H and O–H groups in total. The summed E-state index contributed by atoms with van der Waals surface area (Å²) < 4.78 is 0. The summed E-state index contributed by atoms with van der Waals surface area (Å²) in [5, 5.41) is 7.07. The maximum absolute atomic E-state index is 7.07. The Bertz CT molecular complexity index is 114. The zero-order chi connectivity index (χ0) is 6.41. The molecule has 0 atom stereocenters. The van der Waals surface area contributed by atoms with E-state index in [4.69, 9.17) is 5.41 Å². The van der Waals surface area contributed by atoms with Gasteiger partial charge in [0.25, 0.3) is 0 Å². The Morgan fingerprint density at radius 3 is 2.88 bits per heavy atom. The van der Waals surface area contributed by atoms with E-state index in [9.17, 15) is 0 Å². The van der Waals surface area contributed by atoms with Crippen molar-refractivity contribution in [1.29, 1.82) is 5.41 Å². The van der Waals surface area contributed by atoms with Gasteiger partial charge in [0.1, 0.15) is 0 Å². The summed E-state index contributed by atoms with van der Waals surface area (Å²) in [6.07, 6.45) is 3.91. The molecule has 0 unspecified atom stereocenters. The van der Waals surface area contributed by atoms with E-state index in [2.05, 4.69) is 11.7 Å². The molecule has 8 heavy (non-hydrogen) atoms. The average Bonchev–Trinajstić information content (AvgIpc) is 1.83. The first-order valence-electron chi connectivity index (χ1n) is 2.51. The van der Waals surface area contributed by atoms with Gasteiger partial charge < -0.3 is 5.41 Å². The quantitative estimate of drug-likeness (QED) is 0.536. The Hall–Kier alpha value is -0.920. The molecule has 0 spiro atoms. The highest BCUT2D eigenvalue weighted by Crippen LogP contribution is 1.82. The lowest BCUT2D eigenvalue weighted by Gasteiger charge is -1.83. The van der Waals surface area contributed by atoms with Crippen molar-refractivity contribution in [3.8, 4) is 0 Å². The van der Waals surface area contributed by atoms with E-state index in [1.165, 1.54) is 6.20 Å². The first-order chi connectivity index (χ1) is 3.81. The molecule has 0 aromatic heterocycles. The van der Waals surface area contributed by atoms with Gasteiger partial charge in [-0.05, 0) is 19.2 Å². The van der Waals surface area contributed by atoms with Crippen LogP contribution in [-0.2, 0) is 0 Å². The first-order valence-corrected chi connectivity index (χ1v) is 2.51. The molecule has 0 aliphatic rings. The highest BCUT2D eigenvalue weighted by atomic mass is 14.6. The largest absolute Gasteiger partial charge is 0.305 e. The van der Waals surface area contributed by atoms with Crippen LogP contribution in [0.5, 0.6) is 0 Å². The fourth-order valence-electron chi connectivity index (χ4n) is 0.261. The van der Waals surface area contributed by atoms with Crippen LogP contribution in [0.25, 0.3) is 0 Å². The molecule has 0 saturated heterocycles. The van der Waals surface area contributed by atoms with E-state index >= 15 is 0 Å². The highest BCUT2D eigenvalue weighted by molar-refractivity contribution is 5.91. The third-order valence-corrected chi connectivity index (χ3v) is 0.762. The van der Waals surface area contributed by atoms with Crippen molar-refractivity contribution in [3.63, 3.8) is 0 Å². The summed E-state index contributed by atoms with van der Waals surface area (Å²) in [5.74, 6) is 0. The van der Waals surface area contributed by atoms with Gasteiger partial charge in [-0.15, -0.1) is 0 Å². The average molecular weight is 110 g/mol. The van der Waals surface area contributed by atoms with Crippen molar-refractivity contribution in [1.82, 2.24) is 0 Å². The number of hydrogen-bond donors (Lipinski definition) is 1. The Kier molecular flexibility index (Phi) is 3.76. The molecule has 0 amide bonds. The van der Waals surface area contributed by atoms with Crippen LogP contribution in [-0.4, -0.2) is 12.4 Å². The van der Waals surface area contributed by atoms with E-state index in [1.54, 1.807) is 6.08 Å². The summed E-state index contributed by atoms with van der Waals surface area (Å²) in [5.41, 5.74) is 0.581. The van der Waals surface area contributed by atoms with E-state index < -0.39 is 0 Å². The van der Waals surface area contributed by atoms with Crippen LogP contribution in [0, 0.1) is 5.41 Å². The third kappa shape index (κ3) is 3.28. The van der Waals surface area contributed by atoms with Crippen LogP contribution in [0.1, 0.15) is 13.3 Å². The van der Waals surface area contributed by atoms with Gasteiger partial charge in [-0.3, -0.25) is 4.99 Å². The molecule has 44 valence electrons. The Morgan fingerprint density at radius 2 is 2.50 bits per heavy atom. The van der Waals surface area contributed by atoms with E-state index in [0.29, 0.717) is 5.71 Å². The smallest absolute Gasteiger partial charge is 0.0326 e. The zero-order valence-corrected chi connectivity index (χ0v) is 5.02. The Balaban J connectivity index is 3.52. The molecule has 0 aliphatic carbocycles. The van der Waals surface area contributed by atoms with Gasteiger partial charge in [0, 0.05) is 11.9 Å². The second kappa shape index (κ2) is 4.24. The second-order valence-electron chi connectivity index (χ2n) is 1.38. The van der Waals surface area contributed by atoms with Crippen LogP contribution < -0.4 is 0 Å². The van der Waals surface area contributed by atoms with Crippen LogP contribution in [0.2, 0.25) is 0 Å². The molecule has 0 aromatic rings. The molecule has 0 saturated carbocycles. The van der Waals surface area contributed by atoms with Gasteiger partial charge in [0.15, 0.2) is 0 Å². The Labute approximate surface area is 49.5 Å². The van der Waals surface area contributed by atoms with Crippen LogP contribution in [0.15, 0.2) is 17.3 Å². The maximum atomic E-state index is 7.07. The third-order valence-electron chi connectivity index (χ3n) is 0.762. The number of aliphatic imine (C=N–C) groups is 1. The zero-order valence-electron chi connectivity index (χ0n) is 5.02. The van der Waals surface area contributed by atoms with Gasteiger partial charge in [-0.2, -0.15) is 0 Å². The summed E-state index contributed by atoms with van der Waals surface area (Å²) >= 11 is 0. The number of hydrogen-bond acceptors (Lipinski definition) is 2. The molecule has 0 fully saturated rings.